The maximum absolute atomic E-state index is 12.0. The van der Waals surface area contributed by atoms with Crippen molar-refractivity contribution in [3.63, 3.8) is 0 Å². The van der Waals surface area contributed by atoms with Crippen molar-refractivity contribution in [1.82, 2.24) is 10.1 Å². The van der Waals surface area contributed by atoms with Crippen LogP contribution in [0.15, 0.2) is 51.5 Å². The zero-order valence-corrected chi connectivity index (χ0v) is 16.8. The summed E-state index contributed by atoms with van der Waals surface area (Å²) < 4.78 is 16.5. The van der Waals surface area contributed by atoms with Gasteiger partial charge in [-0.05, 0) is 65.3 Å². The van der Waals surface area contributed by atoms with Crippen LogP contribution < -0.4 is 9.47 Å². The molecule has 6 nitrogen and oxygen atoms in total. The van der Waals surface area contributed by atoms with Gasteiger partial charge in [0.1, 0.15) is 11.5 Å². The highest BCUT2D eigenvalue weighted by atomic mass is 79.9. The Morgan fingerprint density at radius 1 is 1.22 bits per heavy atom. The van der Waals surface area contributed by atoms with Crippen molar-refractivity contribution in [3.05, 3.63) is 57.9 Å². The highest BCUT2D eigenvalue weighted by Gasteiger charge is 2.13. The van der Waals surface area contributed by atoms with Gasteiger partial charge in [-0.15, -0.1) is 0 Å². The van der Waals surface area contributed by atoms with Crippen LogP contribution in [0.3, 0.4) is 0 Å². The Bertz CT molecular complexity index is 928. The molecule has 0 amide bonds. The molecule has 0 N–H and O–H groups in total. The maximum atomic E-state index is 12.0. The highest BCUT2D eigenvalue weighted by molar-refractivity contribution is 9.10. The largest absolute Gasteiger partial charge is 0.494 e. The Morgan fingerprint density at radius 3 is 2.70 bits per heavy atom. The van der Waals surface area contributed by atoms with Gasteiger partial charge in [0.05, 0.1) is 17.5 Å². The van der Waals surface area contributed by atoms with Gasteiger partial charge >= 0.3 is 5.97 Å². The van der Waals surface area contributed by atoms with Gasteiger partial charge in [0, 0.05) is 17.0 Å². The number of carbonyl (C=O) groups excluding carboxylic acids is 1. The number of benzene rings is 2. The lowest BCUT2D eigenvalue weighted by Crippen LogP contribution is -2.09. The number of halogens is 2. The smallest absolute Gasteiger partial charge is 0.311 e. The van der Waals surface area contributed by atoms with Crippen molar-refractivity contribution < 1.29 is 18.8 Å². The lowest BCUT2D eigenvalue weighted by atomic mass is 10.2. The molecule has 140 valence electrons. The van der Waals surface area contributed by atoms with Crippen molar-refractivity contribution >= 4 is 33.5 Å². The minimum Gasteiger partial charge on any atom is -0.494 e. The Kier molecular flexibility index (Phi) is 6.47. The van der Waals surface area contributed by atoms with Crippen LogP contribution in [0.5, 0.6) is 11.5 Å². The topological polar surface area (TPSA) is 74.5 Å². The minimum absolute atomic E-state index is 0.111. The molecule has 2 aromatic carbocycles. The summed E-state index contributed by atoms with van der Waals surface area (Å²) in [7, 11) is 0. The molecule has 0 aliphatic carbocycles. The van der Waals surface area contributed by atoms with Crippen molar-refractivity contribution in [3.8, 4) is 22.9 Å². The minimum atomic E-state index is -0.404. The molecule has 0 aliphatic rings. The van der Waals surface area contributed by atoms with E-state index in [9.17, 15) is 4.79 Å². The van der Waals surface area contributed by atoms with Crippen molar-refractivity contribution in [2.75, 3.05) is 6.61 Å². The number of rotatable bonds is 7. The number of ether oxygens (including phenoxy) is 2. The van der Waals surface area contributed by atoms with Gasteiger partial charge in [0.15, 0.2) is 0 Å². The van der Waals surface area contributed by atoms with E-state index in [0.717, 1.165) is 11.3 Å². The predicted molar refractivity (Wildman–Crippen MR) is 104 cm³/mol. The van der Waals surface area contributed by atoms with Crippen LogP contribution in [0, 0.1) is 0 Å². The summed E-state index contributed by atoms with van der Waals surface area (Å²) >= 11 is 9.17. The van der Waals surface area contributed by atoms with Gasteiger partial charge in [-0.2, -0.15) is 4.98 Å². The number of hydrogen-bond acceptors (Lipinski definition) is 6. The van der Waals surface area contributed by atoms with Crippen molar-refractivity contribution in [1.29, 1.82) is 0 Å². The van der Waals surface area contributed by atoms with Crippen LogP contribution >= 0.6 is 27.5 Å². The first kappa shape index (κ1) is 19.4. The number of hydrogen-bond donors (Lipinski definition) is 0. The van der Waals surface area contributed by atoms with Crippen molar-refractivity contribution in [2.24, 2.45) is 0 Å². The van der Waals surface area contributed by atoms with Gasteiger partial charge in [0.2, 0.25) is 11.7 Å². The second-order valence-electron chi connectivity index (χ2n) is 5.52. The SMILES string of the molecule is CCOc1ccc(-c2noc(CCC(=O)Oc3ccc(Cl)cc3Br)n2)cc1. The van der Waals surface area contributed by atoms with Crippen LogP contribution in [0.25, 0.3) is 11.4 Å². The van der Waals surface area contributed by atoms with Gasteiger partial charge in [-0.25, -0.2) is 0 Å². The first-order chi connectivity index (χ1) is 13.0. The van der Waals surface area contributed by atoms with Gasteiger partial charge in [-0.1, -0.05) is 16.8 Å². The second kappa shape index (κ2) is 9.01. The molecule has 1 heterocycles. The van der Waals surface area contributed by atoms with E-state index in [1.165, 1.54) is 0 Å². The Morgan fingerprint density at radius 2 is 2.00 bits per heavy atom. The molecule has 0 aliphatic heterocycles. The van der Waals surface area contributed by atoms with E-state index < -0.39 is 5.97 Å². The van der Waals surface area contributed by atoms with Crippen LogP contribution in [0.4, 0.5) is 0 Å². The number of carbonyl (C=O) groups is 1. The van der Waals surface area contributed by atoms with E-state index in [0.29, 0.717) is 33.6 Å². The predicted octanol–water partition coefficient (Wildman–Crippen LogP) is 5.09. The van der Waals surface area contributed by atoms with Crippen LogP contribution in [-0.2, 0) is 11.2 Å². The summed E-state index contributed by atoms with van der Waals surface area (Å²) in [5, 5.41) is 4.50. The van der Waals surface area contributed by atoms with Crippen LogP contribution in [-0.4, -0.2) is 22.7 Å². The summed E-state index contributed by atoms with van der Waals surface area (Å²) in [4.78, 5) is 16.3. The van der Waals surface area contributed by atoms with E-state index in [-0.39, 0.29) is 12.8 Å². The number of esters is 1. The standard InChI is InChI=1S/C19H16BrClN2O4/c1-2-25-14-6-3-12(4-7-14)19-22-17(27-23-19)9-10-18(24)26-16-8-5-13(21)11-15(16)20/h3-8,11H,2,9-10H2,1H3. The number of nitrogens with zero attached hydrogens (tertiary/aromatic N) is 2. The molecule has 0 unspecified atom stereocenters. The maximum Gasteiger partial charge on any atom is 0.311 e. The molecule has 3 rings (SSSR count). The van der Waals surface area contributed by atoms with Gasteiger partial charge in [-0.3, -0.25) is 4.79 Å². The molecule has 0 saturated carbocycles. The molecule has 0 saturated heterocycles. The molecule has 0 fully saturated rings. The first-order valence-electron chi connectivity index (χ1n) is 8.26. The number of aryl methyl sites for hydroxylation is 1. The van der Waals surface area contributed by atoms with E-state index >= 15 is 0 Å². The van der Waals surface area contributed by atoms with Gasteiger partial charge < -0.3 is 14.0 Å². The Labute approximate surface area is 169 Å². The van der Waals surface area contributed by atoms with E-state index in [4.69, 9.17) is 25.6 Å². The molecule has 0 atom stereocenters. The summed E-state index contributed by atoms with van der Waals surface area (Å²) in [5.74, 6) is 1.61. The summed E-state index contributed by atoms with van der Waals surface area (Å²) in [6.45, 7) is 2.53. The van der Waals surface area contributed by atoms with Gasteiger partial charge in [0.25, 0.3) is 0 Å². The van der Waals surface area contributed by atoms with Crippen LogP contribution in [0.2, 0.25) is 5.02 Å². The molecular formula is C19H16BrClN2O4. The van der Waals surface area contributed by atoms with E-state index in [1.54, 1.807) is 18.2 Å². The monoisotopic (exact) mass is 450 g/mol. The normalized spacial score (nSPS) is 10.6. The average molecular weight is 452 g/mol. The Balaban J connectivity index is 1.56. The third kappa shape index (κ3) is 5.30. The fraction of sp³-hybridized carbons (Fsp3) is 0.211. The molecule has 8 heteroatoms. The molecule has 3 aromatic rings. The summed E-state index contributed by atoms with van der Waals surface area (Å²) in [6, 6.07) is 12.3. The average Bonchev–Trinajstić information content (AvgIpc) is 3.12. The summed E-state index contributed by atoms with van der Waals surface area (Å²) in [6.07, 6.45) is 0.397. The second-order valence-corrected chi connectivity index (χ2v) is 6.81. The highest BCUT2D eigenvalue weighted by Crippen LogP contribution is 2.28. The van der Waals surface area contributed by atoms with E-state index in [2.05, 4.69) is 26.1 Å². The third-order valence-corrected chi connectivity index (χ3v) is 4.41. The molecular weight excluding hydrogens is 436 g/mol. The molecule has 27 heavy (non-hydrogen) atoms. The van der Waals surface area contributed by atoms with E-state index in [1.807, 2.05) is 31.2 Å². The van der Waals surface area contributed by atoms with Crippen LogP contribution in [0.1, 0.15) is 19.2 Å². The quantitative estimate of drug-likeness (QED) is 0.368. The number of aromatic nitrogens is 2. The lowest BCUT2D eigenvalue weighted by Gasteiger charge is -2.05. The molecule has 0 spiro atoms. The zero-order chi connectivity index (χ0) is 19.2. The first-order valence-corrected chi connectivity index (χ1v) is 9.44. The third-order valence-electron chi connectivity index (χ3n) is 3.55. The fourth-order valence-corrected chi connectivity index (χ4v) is 3.04. The lowest BCUT2D eigenvalue weighted by molar-refractivity contribution is -0.134. The zero-order valence-electron chi connectivity index (χ0n) is 14.4. The molecule has 0 radical (unpaired) electrons. The molecule has 0 bridgehead atoms. The fourth-order valence-electron chi connectivity index (χ4n) is 2.28. The van der Waals surface area contributed by atoms with Crippen molar-refractivity contribution in [2.45, 2.75) is 19.8 Å². The Hall–Kier alpha value is -2.38. The summed E-state index contributed by atoms with van der Waals surface area (Å²) in [5.41, 5.74) is 0.807. The molecule has 1 aromatic heterocycles.